The summed E-state index contributed by atoms with van der Waals surface area (Å²) in [5, 5.41) is 27.8. The Kier molecular flexibility index (Phi) is 32.5. The van der Waals surface area contributed by atoms with Gasteiger partial charge in [0.15, 0.2) is 17.9 Å². The van der Waals surface area contributed by atoms with Crippen LogP contribution in [0.1, 0.15) is 89.5 Å². The molecule has 0 heterocycles. The van der Waals surface area contributed by atoms with E-state index in [1.165, 1.54) is 43.0 Å². The number of amides is 9. The standard InChI is InChI=1S/C46H82N20O10S/c1-25(60-38(71)28(48)8-5-20-57-44(51)52)37(70)61-29(9-3-4-19-47)39(72)62-30(10-6-21-58-45(53)54)40(73)63-31(11-7-22-59-46(55)56)41(74)65-33(18-23-77-2)43(76)64-32(16-17-35(49)68)42(75)66-34(36(50)69)24-26-12-14-27(67)15-13-26/h12-15,25,28-34,67H,3-11,16-24,47-48H2,1-2H3,(H2,49,68)(H2,50,69)(H,60,71)(H,61,70)(H,62,72)(H,63,73)(H,64,76)(H,65,74)(H,66,75)(H4,51,52,57)(H4,53,54,58)(H4,55,56,59)/t25-,28-,29-,30-,31-,32-,33-,34-/m0/s1. The van der Waals surface area contributed by atoms with E-state index in [1.54, 1.807) is 6.26 Å². The number of phenolic OH excluding ortho intramolecular Hbond substituents is 1. The zero-order chi connectivity index (χ0) is 58.0. The molecule has 0 saturated carbocycles. The third-order valence-corrected chi connectivity index (χ3v) is 12.0. The number of thioether (sulfide) groups is 1. The average Bonchev–Trinajstić information content (AvgIpc) is 3.36. The summed E-state index contributed by atoms with van der Waals surface area (Å²) in [6.45, 7) is 1.94. The molecule has 0 radical (unpaired) electrons. The number of nitrogens with two attached hydrogens (primary N) is 10. The molecule has 0 aliphatic heterocycles. The van der Waals surface area contributed by atoms with Crippen LogP contribution in [0.2, 0.25) is 0 Å². The largest absolute Gasteiger partial charge is 0.508 e. The Bertz CT molecular complexity index is 2170. The highest BCUT2D eigenvalue weighted by atomic mass is 32.2. The van der Waals surface area contributed by atoms with Gasteiger partial charge in [-0.1, -0.05) is 12.1 Å². The van der Waals surface area contributed by atoms with E-state index in [9.17, 15) is 48.3 Å². The van der Waals surface area contributed by atoms with Gasteiger partial charge in [0.2, 0.25) is 53.2 Å². The van der Waals surface area contributed by atoms with Crippen molar-refractivity contribution in [2.45, 2.75) is 139 Å². The summed E-state index contributed by atoms with van der Waals surface area (Å²) < 4.78 is 0. The molecule has 0 saturated heterocycles. The first-order valence-corrected chi connectivity index (χ1v) is 26.4. The fraction of sp³-hybridized carbons (Fsp3) is 0.609. The maximum absolute atomic E-state index is 14.3. The van der Waals surface area contributed by atoms with E-state index in [2.05, 4.69) is 52.2 Å². The van der Waals surface area contributed by atoms with Crippen LogP contribution in [0.3, 0.4) is 0 Å². The number of benzene rings is 1. The molecule has 28 N–H and O–H groups in total. The fourth-order valence-electron chi connectivity index (χ4n) is 7.15. The normalized spacial score (nSPS) is 13.9. The second-order valence-corrected chi connectivity index (χ2v) is 18.9. The van der Waals surface area contributed by atoms with Crippen LogP contribution in [0.25, 0.3) is 0 Å². The number of rotatable bonds is 39. The Morgan fingerprint density at radius 1 is 0.506 bits per heavy atom. The van der Waals surface area contributed by atoms with Crippen molar-refractivity contribution in [1.82, 2.24) is 37.2 Å². The maximum Gasteiger partial charge on any atom is 0.243 e. The van der Waals surface area contributed by atoms with Crippen molar-refractivity contribution < 1.29 is 48.3 Å². The van der Waals surface area contributed by atoms with E-state index in [0.29, 0.717) is 30.6 Å². The summed E-state index contributed by atoms with van der Waals surface area (Å²) in [5.41, 5.74) is 56.0. The summed E-state index contributed by atoms with van der Waals surface area (Å²) in [6.07, 6.45) is 2.51. The summed E-state index contributed by atoms with van der Waals surface area (Å²) in [6, 6.07) is -4.53. The lowest BCUT2D eigenvalue weighted by Crippen LogP contribution is -2.60. The number of nitrogens with zero attached hydrogens (tertiary/aromatic N) is 3. The van der Waals surface area contributed by atoms with Gasteiger partial charge < -0.3 is 99.7 Å². The van der Waals surface area contributed by atoms with Crippen LogP contribution in [0, 0.1) is 0 Å². The van der Waals surface area contributed by atoms with Gasteiger partial charge in [-0.2, -0.15) is 11.8 Å². The summed E-state index contributed by atoms with van der Waals surface area (Å²) in [5.74, 6) is -7.73. The smallest absolute Gasteiger partial charge is 0.243 e. The molecule has 30 nitrogen and oxygen atoms in total. The zero-order valence-electron chi connectivity index (χ0n) is 43.8. The Morgan fingerprint density at radius 2 is 0.896 bits per heavy atom. The van der Waals surface area contributed by atoms with Crippen LogP contribution in [-0.4, -0.2) is 163 Å². The second-order valence-electron chi connectivity index (χ2n) is 17.9. The minimum Gasteiger partial charge on any atom is -0.508 e. The number of carbonyl (C=O) groups is 9. The number of nitrogens with one attached hydrogen (secondary N) is 7. The molecule has 0 spiro atoms. The highest BCUT2D eigenvalue weighted by Crippen LogP contribution is 2.13. The predicted octanol–water partition coefficient (Wildman–Crippen LogP) is -6.53. The number of guanidine groups is 3. The maximum atomic E-state index is 14.3. The fourth-order valence-corrected chi connectivity index (χ4v) is 7.62. The first kappa shape index (κ1) is 67.3. The molecule has 0 aliphatic rings. The number of primary amides is 2. The Hall–Kier alpha value is -7.67. The van der Waals surface area contributed by atoms with Gasteiger partial charge in [0, 0.05) is 32.5 Å². The SMILES string of the molecule is CSCC[C@H](NC(=O)[C@H](CCCN=C(N)N)NC(=O)[C@H](CCCN=C(N)N)NC(=O)[C@H](CCCCN)NC(=O)[C@H](C)NC(=O)[C@@H](N)CCCN=C(N)N)C(=O)N[C@@H](CCC(N)=O)C(=O)N[C@@H](Cc1ccc(O)cc1)C(N)=O. The summed E-state index contributed by atoms with van der Waals surface area (Å²) >= 11 is 1.33. The number of hydrogen-bond donors (Lipinski definition) is 18. The highest BCUT2D eigenvalue weighted by molar-refractivity contribution is 7.98. The minimum absolute atomic E-state index is 0.00113. The summed E-state index contributed by atoms with van der Waals surface area (Å²) in [4.78, 5) is 133. The number of phenols is 1. The first-order chi connectivity index (χ1) is 36.4. The number of aliphatic imine (C=N–C) groups is 3. The lowest BCUT2D eigenvalue weighted by molar-refractivity contribution is -0.136. The van der Waals surface area contributed by atoms with Gasteiger partial charge in [0.1, 0.15) is 48.0 Å². The molecule has 0 aliphatic carbocycles. The lowest BCUT2D eigenvalue weighted by Gasteiger charge is -2.28. The third kappa shape index (κ3) is 29.3. The monoisotopic (exact) mass is 1110 g/mol. The van der Waals surface area contributed by atoms with Crippen molar-refractivity contribution >= 4 is 82.8 Å². The average molecular weight is 1110 g/mol. The molecule has 0 fully saturated rings. The predicted molar refractivity (Wildman–Crippen MR) is 292 cm³/mol. The molecular formula is C46H82N20O10S. The molecule has 9 amide bonds. The van der Waals surface area contributed by atoms with E-state index in [4.69, 9.17) is 57.3 Å². The van der Waals surface area contributed by atoms with Crippen molar-refractivity contribution in [3.8, 4) is 5.75 Å². The van der Waals surface area contributed by atoms with Crippen LogP contribution < -0.4 is 94.6 Å². The number of unbranched alkanes of at least 4 members (excludes halogenated alkanes) is 1. The molecule has 8 atom stereocenters. The van der Waals surface area contributed by atoms with E-state index in [-0.39, 0.29) is 114 Å². The zero-order valence-corrected chi connectivity index (χ0v) is 44.6. The quantitative estimate of drug-likeness (QED) is 0.0166. The van der Waals surface area contributed by atoms with Gasteiger partial charge in [-0.25, -0.2) is 0 Å². The van der Waals surface area contributed by atoms with Gasteiger partial charge in [0.25, 0.3) is 0 Å². The number of carbonyl (C=O) groups excluding carboxylic acids is 9. The van der Waals surface area contributed by atoms with Gasteiger partial charge in [0.05, 0.1) is 6.04 Å². The van der Waals surface area contributed by atoms with Gasteiger partial charge in [-0.05, 0) is 114 Å². The number of hydrogen-bond acceptors (Lipinski definition) is 16. The lowest BCUT2D eigenvalue weighted by atomic mass is 10.0. The van der Waals surface area contributed by atoms with Gasteiger partial charge in [-0.15, -0.1) is 0 Å². The third-order valence-electron chi connectivity index (χ3n) is 11.4. The molecular weight excluding hydrogens is 1020 g/mol. The Labute approximate surface area is 451 Å². The van der Waals surface area contributed by atoms with Crippen molar-refractivity contribution in [1.29, 1.82) is 0 Å². The van der Waals surface area contributed by atoms with Crippen molar-refractivity contribution in [2.75, 3.05) is 38.2 Å². The van der Waals surface area contributed by atoms with E-state index < -0.39 is 101 Å². The highest BCUT2D eigenvalue weighted by Gasteiger charge is 2.34. The number of aromatic hydroxyl groups is 1. The Balaban J connectivity index is 3.53. The van der Waals surface area contributed by atoms with Gasteiger partial charge >= 0.3 is 0 Å². The molecule has 0 bridgehead atoms. The molecule has 0 unspecified atom stereocenters. The molecule has 432 valence electrons. The summed E-state index contributed by atoms with van der Waals surface area (Å²) in [7, 11) is 0. The van der Waals surface area contributed by atoms with Crippen molar-refractivity contribution in [2.24, 2.45) is 72.3 Å². The van der Waals surface area contributed by atoms with Crippen LogP contribution in [0.5, 0.6) is 5.75 Å². The van der Waals surface area contributed by atoms with Crippen LogP contribution >= 0.6 is 11.8 Å². The molecule has 77 heavy (non-hydrogen) atoms. The Morgan fingerprint density at radius 3 is 1.30 bits per heavy atom. The van der Waals surface area contributed by atoms with Crippen LogP contribution in [0.15, 0.2) is 39.2 Å². The molecule has 1 aromatic carbocycles. The van der Waals surface area contributed by atoms with Crippen LogP contribution in [0.4, 0.5) is 0 Å². The van der Waals surface area contributed by atoms with Crippen LogP contribution in [-0.2, 0) is 49.6 Å². The molecule has 31 heteroatoms. The van der Waals surface area contributed by atoms with E-state index in [0.717, 1.165) is 0 Å². The first-order valence-electron chi connectivity index (χ1n) is 25.0. The van der Waals surface area contributed by atoms with Crippen molar-refractivity contribution in [3.05, 3.63) is 29.8 Å². The van der Waals surface area contributed by atoms with E-state index in [1.807, 2.05) is 0 Å². The molecule has 0 aromatic heterocycles. The van der Waals surface area contributed by atoms with E-state index >= 15 is 0 Å². The second kappa shape index (κ2) is 37.1. The molecule has 1 aromatic rings. The molecule has 1 rings (SSSR count). The minimum atomic E-state index is -1.47. The van der Waals surface area contributed by atoms with Gasteiger partial charge in [-0.3, -0.25) is 58.1 Å². The topological polar surface area (TPSA) is 555 Å². The van der Waals surface area contributed by atoms with Crippen molar-refractivity contribution in [3.63, 3.8) is 0 Å².